The summed E-state index contributed by atoms with van der Waals surface area (Å²) in [6.45, 7) is 7.33. The van der Waals surface area contributed by atoms with Crippen LogP contribution in [0.15, 0.2) is 11.8 Å². The lowest BCUT2D eigenvalue weighted by atomic mass is 9.89. The molecule has 1 aliphatic rings. The quantitative estimate of drug-likeness (QED) is 0.737. The van der Waals surface area contributed by atoms with Crippen LogP contribution >= 0.6 is 0 Å². The summed E-state index contributed by atoms with van der Waals surface area (Å²) in [5, 5.41) is 10.3. The van der Waals surface area contributed by atoms with Crippen LogP contribution in [0.2, 0.25) is 0 Å². The largest absolute Gasteiger partial charge is 0.495 e. The smallest absolute Gasteiger partial charge is 0.139 e. The number of ether oxygens (including phenoxy) is 2. The monoisotopic (exact) mass is 214 g/mol. The van der Waals surface area contributed by atoms with Crippen molar-refractivity contribution in [3.63, 3.8) is 0 Å². The minimum absolute atomic E-state index is 0.481. The van der Waals surface area contributed by atoms with E-state index in [-0.39, 0.29) is 0 Å². The molecule has 3 nitrogen and oxygen atoms in total. The van der Waals surface area contributed by atoms with Crippen LogP contribution in [-0.4, -0.2) is 30.0 Å². The lowest BCUT2D eigenvalue weighted by Crippen LogP contribution is -2.45. The average Bonchev–Trinajstić information content (AvgIpc) is 2.78. The van der Waals surface area contributed by atoms with Gasteiger partial charge in [-0.3, -0.25) is 0 Å². The van der Waals surface area contributed by atoms with E-state index in [1.54, 1.807) is 0 Å². The van der Waals surface area contributed by atoms with Crippen LogP contribution in [0, 0.1) is 0 Å². The standard InChI is InChI=1S/C12H22O3/c1-4-12(5-2,15-6-3)11(13)10-8-7-9-14-10/h8,11,13H,4-7,9H2,1-3H3. The van der Waals surface area contributed by atoms with E-state index in [9.17, 15) is 5.11 Å². The molecule has 1 heterocycles. The van der Waals surface area contributed by atoms with Crippen molar-refractivity contribution in [3.05, 3.63) is 11.8 Å². The molecule has 1 rings (SSSR count). The molecule has 1 atom stereocenters. The van der Waals surface area contributed by atoms with Crippen LogP contribution in [-0.2, 0) is 9.47 Å². The first-order valence-corrected chi connectivity index (χ1v) is 5.85. The Labute approximate surface area is 92.1 Å². The maximum absolute atomic E-state index is 10.3. The van der Waals surface area contributed by atoms with E-state index in [1.807, 2.05) is 26.8 Å². The topological polar surface area (TPSA) is 38.7 Å². The van der Waals surface area contributed by atoms with Crippen LogP contribution in [0.1, 0.15) is 40.0 Å². The molecule has 1 unspecified atom stereocenters. The Morgan fingerprint density at radius 3 is 2.53 bits per heavy atom. The van der Waals surface area contributed by atoms with Gasteiger partial charge in [-0.1, -0.05) is 13.8 Å². The fourth-order valence-electron chi connectivity index (χ4n) is 2.09. The molecule has 0 fully saturated rings. The average molecular weight is 214 g/mol. The Morgan fingerprint density at radius 2 is 2.13 bits per heavy atom. The van der Waals surface area contributed by atoms with Crippen molar-refractivity contribution in [2.24, 2.45) is 0 Å². The Balaban J connectivity index is 2.77. The van der Waals surface area contributed by atoms with Crippen molar-refractivity contribution in [3.8, 4) is 0 Å². The third kappa shape index (κ3) is 2.52. The number of aliphatic hydroxyl groups excluding tert-OH is 1. The molecule has 0 spiro atoms. The summed E-state index contributed by atoms with van der Waals surface area (Å²) in [4.78, 5) is 0. The second-order valence-electron chi connectivity index (χ2n) is 3.85. The van der Waals surface area contributed by atoms with Crippen molar-refractivity contribution in [1.82, 2.24) is 0 Å². The second kappa shape index (κ2) is 5.52. The van der Waals surface area contributed by atoms with Crippen LogP contribution < -0.4 is 0 Å². The number of rotatable bonds is 6. The highest BCUT2D eigenvalue weighted by molar-refractivity contribution is 5.11. The maximum Gasteiger partial charge on any atom is 0.139 e. The summed E-state index contributed by atoms with van der Waals surface area (Å²) in [6, 6.07) is 0. The van der Waals surface area contributed by atoms with E-state index in [0.29, 0.717) is 19.0 Å². The highest BCUT2D eigenvalue weighted by atomic mass is 16.5. The number of hydrogen-bond donors (Lipinski definition) is 1. The lowest BCUT2D eigenvalue weighted by molar-refractivity contribution is -0.124. The van der Waals surface area contributed by atoms with Crippen LogP contribution in [0.3, 0.4) is 0 Å². The van der Waals surface area contributed by atoms with E-state index < -0.39 is 11.7 Å². The van der Waals surface area contributed by atoms with Crippen molar-refractivity contribution in [1.29, 1.82) is 0 Å². The molecular formula is C12H22O3. The van der Waals surface area contributed by atoms with Crippen LogP contribution in [0.4, 0.5) is 0 Å². The van der Waals surface area contributed by atoms with Gasteiger partial charge in [0.1, 0.15) is 17.5 Å². The van der Waals surface area contributed by atoms with Gasteiger partial charge in [0.15, 0.2) is 0 Å². The highest BCUT2D eigenvalue weighted by Crippen LogP contribution is 2.31. The van der Waals surface area contributed by atoms with Gasteiger partial charge in [0.2, 0.25) is 0 Å². The number of hydrogen-bond acceptors (Lipinski definition) is 3. The van der Waals surface area contributed by atoms with Gasteiger partial charge >= 0.3 is 0 Å². The summed E-state index contributed by atoms with van der Waals surface area (Å²) in [5.74, 6) is 0.687. The normalized spacial score (nSPS) is 18.5. The minimum Gasteiger partial charge on any atom is -0.495 e. The van der Waals surface area contributed by atoms with Gasteiger partial charge < -0.3 is 14.6 Å². The maximum atomic E-state index is 10.3. The predicted octanol–water partition coefficient (Wildman–Crippen LogP) is 2.25. The minimum atomic E-state index is -0.630. The van der Waals surface area contributed by atoms with Gasteiger partial charge in [-0.05, 0) is 25.8 Å². The van der Waals surface area contributed by atoms with Crippen molar-refractivity contribution < 1.29 is 14.6 Å². The molecule has 0 radical (unpaired) electrons. The lowest BCUT2D eigenvalue weighted by Gasteiger charge is -2.36. The summed E-state index contributed by atoms with van der Waals surface area (Å²) in [5.41, 5.74) is -0.481. The first-order chi connectivity index (χ1) is 7.20. The zero-order chi connectivity index (χ0) is 11.3. The fourth-order valence-corrected chi connectivity index (χ4v) is 2.09. The zero-order valence-electron chi connectivity index (χ0n) is 9.95. The summed E-state index contributed by atoms with van der Waals surface area (Å²) in [6.07, 6.45) is 3.81. The van der Waals surface area contributed by atoms with E-state index >= 15 is 0 Å². The molecular weight excluding hydrogens is 192 g/mol. The SMILES string of the molecule is CCOC(CC)(CC)C(O)C1=CCCO1. The summed E-state index contributed by atoms with van der Waals surface area (Å²) in [7, 11) is 0. The Bertz CT molecular complexity index is 219. The van der Waals surface area contributed by atoms with E-state index in [2.05, 4.69) is 0 Å². The summed E-state index contributed by atoms with van der Waals surface area (Å²) >= 11 is 0. The molecule has 0 aromatic carbocycles. The van der Waals surface area contributed by atoms with E-state index in [1.165, 1.54) is 0 Å². The molecule has 1 N–H and O–H groups in total. The summed E-state index contributed by atoms with van der Waals surface area (Å²) < 4.78 is 11.1. The fraction of sp³-hybridized carbons (Fsp3) is 0.833. The molecule has 0 saturated heterocycles. The molecule has 0 aromatic heterocycles. The first kappa shape index (κ1) is 12.5. The predicted molar refractivity (Wildman–Crippen MR) is 59.6 cm³/mol. The van der Waals surface area contributed by atoms with Crippen LogP contribution in [0.5, 0.6) is 0 Å². The Hall–Kier alpha value is -0.540. The molecule has 3 heteroatoms. The molecule has 0 bridgehead atoms. The van der Waals surface area contributed by atoms with Gasteiger partial charge in [-0.25, -0.2) is 0 Å². The Morgan fingerprint density at radius 1 is 1.47 bits per heavy atom. The first-order valence-electron chi connectivity index (χ1n) is 5.85. The van der Waals surface area contributed by atoms with Gasteiger partial charge in [0.25, 0.3) is 0 Å². The van der Waals surface area contributed by atoms with E-state index in [4.69, 9.17) is 9.47 Å². The van der Waals surface area contributed by atoms with Crippen molar-refractivity contribution in [2.45, 2.75) is 51.7 Å². The van der Waals surface area contributed by atoms with Gasteiger partial charge in [-0.2, -0.15) is 0 Å². The molecule has 0 aromatic rings. The molecule has 15 heavy (non-hydrogen) atoms. The highest BCUT2D eigenvalue weighted by Gasteiger charge is 2.39. The van der Waals surface area contributed by atoms with Crippen LogP contribution in [0.25, 0.3) is 0 Å². The second-order valence-corrected chi connectivity index (χ2v) is 3.85. The van der Waals surface area contributed by atoms with Gasteiger partial charge in [-0.15, -0.1) is 0 Å². The third-order valence-electron chi connectivity index (χ3n) is 3.13. The van der Waals surface area contributed by atoms with Gasteiger partial charge in [0.05, 0.1) is 6.61 Å². The Kier molecular flexibility index (Phi) is 4.61. The van der Waals surface area contributed by atoms with Crippen molar-refractivity contribution >= 4 is 0 Å². The van der Waals surface area contributed by atoms with Crippen molar-refractivity contribution in [2.75, 3.05) is 13.2 Å². The number of aliphatic hydroxyl groups is 1. The van der Waals surface area contributed by atoms with Gasteiger partial charge in [0, 0.05) is 13.0 Å². The molecule has 1 aliphatic heterocycles. The zero-order valence-corrected chi connectivity index (χ0v) is 9.95. The third-order valence-corrected chi connectivity index (χ3v) is 3.13. The molecule has 0 aliphatic carbocycles. The molecule has 0 saturated carbocycles. The molecule has 88 valence electrons. The van der Waals surface area contributed by atoms with E-state index in [0.717, 1.165) is 19.3 Å². The molecule has 0 amide bonds.